The van der Waals surface area contributed by atoms with E-state index in [1.165, 1.54) is 0 Å². The summed E-state index contributed by atoms with van der Waals surface area (Å²) < 4.78 is 8.00. The van der Waals surface area contributed by atoms with Crippen LogP contribution in [0.25, 0.3) is 21.9 Å². The number of aromatic nitrogens is 3. The Bertz CT molecular complexity index is 1110. The number of fused-ring (bicyclic) bond motifs is 2. The highest BCUT2D eigenvalue weighted by molar-refractivity contribution is 6.01. The number of Topliss-reactive ketones (excluding diaryl/α,β-unsaturated/α-hetero) is 1. The van der Waals surface area contributed by atoms with Crippen LogP contribution in [0.4, 0.5) is 0 Å². The number of para-hydroxylation sites is 1. The van der Waals surface area contributed by atoms with Crippen molar-refractivity contribution in [3.05, 3.63) is 59.8 Å². The van der Waals surface area contributed by atoms with Crippen LogP contribution in [0.3, 0.4) is 0 Å². The summed E-state index contributed by atoms with van der Waals surface area (Å²) in [5.41, 5.74) is 3.17. The number of carbonyl (C=O) groups is 1. The monoisotopic (exact) mass is 331 g/mol. The Morgan fingerprint density at radius 3 is 2.52 bits per heavy atom. The van der Waals surface area contributed by atoms with Crippen molar-refractivity contribution in [2.24, 2.45) is 7.05 Å². The molecule has 0 aliphatic rings. The van der Waals surface area contributed by atoms with E-state index in [2.05, 4.69) is 5.10 Å². The van der Waals surface area contributed by atoms with Gasteiger partial charge in [-0.25, -0.2) is 4.98 Å². The van der Waals surface area contributed by atoms with Gasteiger partial charge >= 0.3 is 0 Å². The Morgan fingerprint density at radius 1 is 1.08 bits per heavy atom. The second-order valence-electron chi connectivity index (χ2n) is 6.05. The quantitative estimate of drug-likeness (QED) is 0.521. The molecule has 2 aromatic heterocycles. The van der Waals surface area contributed by atoms with Crippen molar-refractivity contribution in [2.75, 3.05) is 0 Å². The Morgan fingerprint density at radius 2 is 1.80 bits per heavy atom. The van der Waals surface area contributed by atoms with Crippen molar-refractivity contribution in [2.45, 2.75) is 13.8 Å². The molecule has 0 atom stereocenters. The molecule has 0 N–H and O–H groups in total. The largest absolute Gasteiger partial charge is 0.456 e. The van der Waals surface area contributed by atoms with E-state index in [-0.39, 0.29) is 5.78 Å². The van der Waals surface area contributed by atoms with Gasteiger partial charge in [-0.2, -0.15) is 5.10 Å². The predicted molar refractivity (Wildman–Crippen MR) is 97.3 cm³/mol. The van der Waals surface area contributed by atoms with Gasteiger partial charge in [0.2, 0.25) is 0 Å². The van der Waals surface area contributed by atoms with Crippen LogP contribution in [-0.4, -0.2) is 20.5 Å². The SMILES string of the molecule is CC(=O)c1ccc(Oc2c3ccccc3nc3c2c(C)nn3C)cc1. The summed E-state index contributed by atoms with van der Waals surface area (Å²) in [5, 5.41) is 6.31. The molecule has 0 radical (unpaired) electrons. The van der Waals surface area contributed by atoms with Crippen LogP contribution in [-0.2, 0) is 7.05 Å². The molecule has 0 fully saturated rings. The first-order chi connectivity index (χ1) is 12.0. The molecule has 0 aliphatic heterocycles. The molecule has 0 bridgehead atoms. The minimum absolute atomic E-state index is 0.0337. The fourth-order valence-electron chi connectivity index (χ4n) is 3.03. The number of rotatable bonds is 3. The molecule has 0 saturated heterocycles. The van der Waals surface area contributed by atoms with Gasteiger partial charge in [0.25, 0.3) is 0 Å². The summed E-state index contributed by atoms with van der Waals surface area (Å²) in [7, 11) is 1.88. The van der Waals surface area contributed by atoms with Crippen molar-refractivity contribution >= 4 is 27.7 Å². The maximum absolute atomic E-state index is 11.5. The number of ketones is 1. The second kappa shape index (κ2) is 5.70. The lowest BCUT2D eigenvalue weighted by atomic mass is 10.1. The molecule has 5 nitrogen and oxygen atoms in total. The Balaban J connectivity index is 1.93. The first-order valence-electron chi connectivity index (χ1n) is 8.05. The van der Waals surface area contributed by atoms with E-state index >= 15 is 0 Å². The molecule has 2 aromatic carbocycles. The standard InChI is InChI=1S/C20H17N3O2/c1-12-18-19(25-15-10-8-14(9-11-15)13(2)24)16-6-4-5-7-17(16)21-20(18)23(3)22-12/h4-11H,1-3H3. The van der Waals surface area contributed by atoms with E-state index in [0.717, 1.165) is 33.4 Å². The highest BCUT2D eigenvalue weighted by atomic mass is 16.5. The topological polar surface area (TPSA) is 57.0 Å². The molecule has 0 amide bonds. The van der Waals surface area contributed by atoms with Crippen LogP contribution in [0.1, 0.15) is 23.0 Å². The van der Waals surface area contributed by atoms with E-state index in [1.807, 2.05) is 50.4 Å². The van der Waals surface area contributed by atoms with Gasteiger partial charge in [-0.3, -0.25) is 9.48 Å². The zero-order valence-corrected chi connectivity index (χ0v) is 14.3. The third kappa shape index (κ3) is 2.54. The number of benzene rings is 2. The van der Waals surface area contributed by atoms with Gasteiger partial charge in [0.05, 0.1) is 16.6 Å². The van der Waals surface area contributed by atoms with E-state index in [0.29, 0.717) is 11.3 Å². The van der Waals surface area contributed by atoms with Crippen LogP contribution in [0, 0.1) is 6.92 Å². The zero-order chi connectivity index (χ0) is 17.6. The molecule has 124 valence electrons. The molecule has 0 spiro atoms. The van der Waals surface area contributed by atoms with E-state index in [1.54, 1.807) is 23.7 Å². The van der Waals surface area contributed by atoms with Crippen LogP contribution < -0.4 is 4.74 Å². The zero-order valence-electron chi connectivity index (χ0n) is 14.3. The fourth-order valence-corrected chi connectivity index (χ4v) is 3.03. The molecule has 0 aliphatic carbocycles. The summed E-state index contributed by atoms with van der Waals surface area (Å²) >= 11 is 0. The average Bonchev–Trinajstić information content (AvgIpc) is 2.89. The average molecular weight is 331 g/mol. The lowest BCUT2D eigenvalue weighted by Gasteiger charge is -2.11. The Kier molecular flexibility index (Phi) is 3.50. The lowest BCUT2D eigenvalue weighted by molar-refractivity contribution is 0.101. The van der Waals surface area contributed by atoms with Crippen LogP contribution in [0.5, 0.6) is 11.5 Å². The third-order valence-electron chi connectivity index (χ3n) is 4.27. The number of aryl methyl sites for hydroxylation is 2. The molecule has 4 aromatic rings. The van der Waals surface area contributed by atoms with Crippen molar-refractivity contribution < 1.29 is 9.53 Å². The summed E-state index contributed by atoms with van der Waals surface area (Å²) in [6.45, 7) is 3.50. The maximum atomic E-state index is 11.5. The van der Waals surface area contributed by atoms with Crippen molar-refractivity contribution in [1.82, 2.24) is 14.8 Å². The third-order valence-corrected chi connectivity index (χ3v) is 4.27. The number of hydrogen-bond donors (Lipinski definition) is 0. The molecule has 4 rings (SSSR count). The van der Waals surface area contributed by atoms with Crippen LogP contribution in [0.2, 0.25) is 0 Å². The fraction of sp³-hybridized carbons (Fsp3) is 0.150. The molecule has 5 heteroatoms. The smallest absolute Gasteiger partial charge is 0.162 e. The molecule has 0 unspecified atom stereocenters. The minimum Gasteiger partial charge on any atom is -0.456 e. The van der Waals surface area contributed by atoms with E-state index in [9.17, 15) is 4.79 Å². The lowest BCUT2D eigenvalue weighted by Crippen LogP contribution is -1.95. The molecule has 25 heavy (non-hydrogen) atoms. The number of pyridine rings is 1. The highest BCUT2D eigenvalue weighted by Gasteiger charge is 2.17. The van der Waals surface area contributed by atoms with E-state index in [4.69, 9.17) is 9.72 Å². The minimum atomic E-state index is 0.0337. The van der Waals surface area contributed by atoms with Crippen molar-refractivity contribution in [1.29, 1.82) is 0 Å². The van der Waals surface area contributed by atoms with Crippen molar-refractivity contribution in [3.63, 3.8) is 0 Å². The van der Waals surface area contributed by atoms with Gasteiger partial charge in [0.15, 0.2) is 11.4 Å². The number of ether oxygens (including phenoxy) is 1. The van der Waals surface area contributed by atoms with Crippen LogP contribution in [0.15, 0.2) is 48.5 Å². The Labute approximate surface area is 144 Å². The number of carbonyl (C=O) groups excluding carboxylic acids is 1. The van der Waals surface area contributed by atoms with Gasteiger partial charge in [0, 0.05) is 18.0 Å². The maximum Gasteiger partial charge on any atom is 0.162 e. The normalized spacial score (nSPS) is 11.2. The summed E-state index contributed by atoms with van der Waals surface area (Å²) in [6.07, 6.45) is 0. The van der Waals surface area contributed by atoms with E-state index < -0.39 is 0 Å². The first-order valence-corrected chi connectivity index (χ1v) is 8.05. The second-order valence-corrected chi connectivity index (χ2v) is 6.05. The van der Waals surface area contributed by atoms with Gasteiger partial charge in [-0.1, -0.05) is 12.1 Å². The van der Waals surface area contributed by atoms with Gasteiger partial charge in [-0.15, -0.1) is 0 Å². The Hall–Kier alpha value is -3.21. The molecule has 0 saturated carbocycles. The number of nitrogens with zero attached hydrogens (tertiary/aromatic N) is 3. The first kappa shape index (κ1) is 15.3. The predicted octanol–water partition coefficient (Wildman–Crippen LogP) is 4.42. The molecular weight excluding hydrogens is 314 g/mol. The summed E-state index contributed by atoms with van der Waals surface area (Å²) in [5.74, 6) is 1.44. The van der Waals surface area contributed by atoms with Crippen LogP contribution >= 0.6 is 0 Å². The summed E-state index contributed by atoms with van der Waals surface area (Å²) in [4.78, 5) is 16.2. The van der Waals surface area contributed by atoms with Gasteiger partial charge in [-0.05, 0) is 50.2 Å². The summed E-state index contributed by atoms with van der Waals surface area (Å²) in [6, 6.07) is 15.0. The van der Waals surface area contributed by atoms with Crippen molar-refractivity contribution in [3.8, 4) is 11.5 Å². The highest BCUT2D eigenvalue weighted by Crippen LogP contribution is 2.37. The molecular formula is C20H17N3O2. The number of hydrogen-bond acceptors (Lipinski definition) is 4. The molecule has 2 heterocycles. The van der Waals surface area contributed by atoms with Gasteiger partial charge < -0.3 is 4.74 Å². The van der Waals surface area contributed by atoms with Gasteiger partial charge in [0.1, 0.15) is 11.5 Å².